The molecule has 1 saturated heterocycles. The van der Waals surface area contributed by atoms with Crippen molar-refractivity contribution in [2.24, 2.45) is 0 Å². The van der Waals surface area contributed by atoms with Crippen molar-refractivity contribution >= 4 is 5.82 Å². The second kappa shape index (κ2) is 4.62. The zero-order valence-corrected chi connectivity index (χ0v) is 9.53. The minimum atomic E-state index is 0.685. The van der Waals surface area contributed by atoms with Gasteiger partial charge in [0.05, 0.1) is 0 Å². The number of hydrogen-bond acceptors (Lipinski definition) is 3. The van der Waals surface area contributed by atoms with Gasteiger partial charge in [-0.1, -0.05) is 6.07 Å². The standard InChI is InChI=1S/C12H19N3/c1-10-4-3-7-14-12(10)15-8-5-11(13-2)6-9-15/h3-4,7,11,13H,5-6,8-9H2,1-2H3. The minimum absolute atomic E-state index is 0.685. The number of pyridine rings is 1. The molecule has 1 fully saturated rings. The van der Waals surface area contributed by atoms with Gasteiger partial charge in [0.1, 0.15) is 5.82 Å². The van der Waals surface area contributed by atoms with Gasteiger partial charge in [0.2, 0.25) is 0 Å². The van der Waals surface area contributed by atoms with Gasteiger partial charge in [-0.2, -0.15) is 0 Å². The average Bonchev–Trinajstić information content (AvgIpc) is 2.30. The Bertz CT molecular complexity index is 316. The number of aryl methyl sites for hydroxylation is 1. The van der Waals surface area contributed by atoms with Crippen molar-refractivity contribution in [2.75, 3.05) is 25.0 Å². The van der Waals surface area contributed by atoms with Crippen LogP contribution in [0.4, 0.5) is 5.82 Å². The molecule has 3 heteroatoms. The van der Waals surface area contributed by atoms with E-state index in [4.69, 9.17) is 0 Å². The quantitative estimate of drug-likeness (QED) is 0.794. The summed E-state index contributed by atoms with van der Waals surface area (Å²) in [6.45, 7) is 4.36. The van der Waals surface area contributed by atoms with Crippen LogP contribution in [0.2, 0.25) is 0 Å². The number of nitrogens with zero attached hydrogens (tertiary/aromatic N) is 2. The fourth-order valence-electron chi connectivity index (χ4n) is 2.19. The molecule has 1 N–H and O–H groups in total. The van der Waals surface area contributed by atoms with Gasteiger partial charge in [0.15, 0.2) is 0 Å². The highest BCUT2D eigenvalue weighted by Crippen LogP contribution is 2.20. The van der Waals surface area contributed by atoms with Crippen LogP contribution >= 0.6 is 0 Å². The molecule has 0 radical (unpaired) electrons. The second-order valence-corrected chi connectivity index (χ2v) is 4.19. The molecular weight excluding hydrogens is 186 g/mol. The largest absolute Gasteiger partial charge is 0.356 e. The first-order valence-electron chi connectivity index (χ1n) is 5.65. The van der Waals surface area contributed by atoms with Gasteiger partial charge in [-0.15, -0.1) is 0 Å². The zero-order valence-electron chi connectivity index (χ0n) is 9.53. The van der Waals surface area contributed by atoms with Crippen LogP contribution in [-0.2, 0) is 0 Å². The molecule has 0 spiro atoms. The van der Waals surface area contributed by atoms with Crippen LogP contribution in [0.5, 0.6) is 0 Å². The van der Waals surface area contributed by atoms with E-state index < -0.39 is 0 Å². The molecule has 0 unspecified atom stereocenters. The van der Waals surface area contributed by atoms with Crippen LogP contribution in [0.1, 0.15) is 18.4 Å². The maximum Gasteiger partial charge on any atom is 0.131 e. The number of rotatable bonds is 2. The molecular formula is C12H19N3. The van der Waals surface area contributed by atoms with Crippen molar-refractivity contribution in [1.82, 2.24) is 10.3 Å². The monoisotopic (exact) mass is 205 g/mol. The second-order valence-electron chi connectivity index (χ2n) is 4.19. The van der Waals surface area contributed by atoms with Crippen molar-refractivity contribution in [3.05, 3.63) is 23.9 Å². The van der Waals surface area contributed by atoms with E-state index in [-0.39, 0.29) is 0 Å². The number of piperidine rings is 1. The van der Waals surface area contributed by atoms with Gasteiger partial charge >= 0.3 is 0 Å². The summed E-state index contributed by atoms with van der Waals surface area (Å²) in [6.07, 6.45) is 4.31. The first-order valence-corrected chi connectivity index (χ1v) is 5.65. The van der Waals surface area contributed by atoms with Crippen molar-refractivity contribution < 1.29 is 0 Å². The molecule has 0 aromatic carbocycles. The van der Waals surface area contributed by atoms with Crippen molar-refractivity contribution in [2.45, 2.75) is 25.8 Å². The van der Waals surface area contributed by atoms with E-state index >= 15 is 0 Å². The average molecular weight is 205 g/mol. The highest BCUT2D eigenvalue weighted by Gasteiger charge is 2.19. The fourth-order valence-corrected chi connectivity index (χ4v) is 2.19. The van der Waals surface area contributed by atoms with E-state index in [2.05, 4.69) is 28.2 Å². The van der Waals surface area contributed by atoms with Crippen LogP contribution in [0.25, 0.3) is 0 Å². The number of nitrogens with one attached hydrogen (secondary N) is 1. The molecule has 1 aromatic heterocycles. The van der Waals surface area contributed by atoms with E-state index in [0.717, 1.165) is 18.9 Å². The Morgan fingerprint density at radius 2 is 2.13 bits per heavy atom. The van der Waals surface area contributed by atoms with Gasteiger partial charge in [-0.3, -0.25) is 0 Å². The predicted octanol–water partition coefficient (Wildman–Crippen LogP) is 1.58. The van der Waals surface area contributed by atoms with Crippen LogP contribution in [0.15, 0.2) is 18.3 Å². The summed E-state index contributed by atoms with van der Waals surface area (Å²) in [7, 11) is 2.05. The number of aromatic nitrogens is 1. The Kier molecular flexibility index (Phi) is 3.21. The third-order valence-electron chi connectivity index (χ3n) is 3.18. The topological polar surface area (TPSA) is 28.2 Å². The third-order valence-corrected chi connectivity index (χ3v) is 3.18. The zero-order chi connectivity index (χ0) is 10.7. The Morgan fingerprint density at radius 1 is 1.40 bits per heavy atom. The minimum Gasteiger partial charge on any atom is -0.356 e. The summed E-state index contributed by atoms with van der Waals surface area (Å²) < 4.78 is 0. The Morgan fingerprint density at radius 3 is 2.73 bits per heavy atom. The maximum atomic E-state index is 4.46. The highest BCUT2D eigenvalue weighted by atomic mass is 15.2. The van der Waals surface area contributed by atoms with Gasteiger partial charge < -0.3 is 10.2 Å². The van der Waals surface area contributed by atoms with Crippen molar-refractivity contribution in [3.8, 4) is 0 Å². The number of hydrogen-bond donors (Lipinski definition) is 1. The smallest absolute Gasteiger partial charge is 0.131 e. The van der Waals surface area contributed by atoms with Crippen molar-refractivity contribution in [1.29, 1.82) is 0 Å². The van der Waals surface area contributed by atoms with E-state index in [9.17, 15) is 0 Å². The van der Waals surface area contributed by atoms with Crippen LogP contribution in [-0.4, -0.2) is 31.2 Å². The molecule has 0 amide bonds. The van der Waals surface area contributed by atoms with Crippen LogP contribution in [0, 0.1) is 6.92 Å². The summed E-state index contributed by atoms with van der Waals surface area (Å²) >= 11 is 0. The lowest BCUT2D eigenvalue weighted by Gasteiger charge is -2.33. The van der Waals surface area contributed by atoms with E-state index in [1.165, 1.54) is 18.4 Å². The lowest BCUT2D eigenvalue weighted by Crippen LogP contribution is -2.41. The normalized spacial score (nSPS) is 18.1. The molecule has 2 rings (SSSR count). The molecule has 2 heterocycles. The molecule has 0 saturated carbocycles. The summed E-state index contributed by atoms with van der Waals surface area (Å²) in [6, 6.07) is 4.82. The van der Waals surface area contributed by atoms with Crippen molar-refractivity contribution in [3.63, 3.8) is 0 Å². The maximum absolute atomic E-state index is 4.46. The third kappa shape index (κ3) is 2.29. The highest BCUT2D eigenvalue weighted by molar-refractivity contribution is 5.46. The molecule has 1 aromatic rings. The van der Waals surface area contributed by atoms with E-state index in [1.807, 2.05) is 19.3 Å². The Hall–Kier alpha value is -1.09. The summed E-state index contributed by atoms with van der Waals surface area (Å²) in [5.41, 5.74) is 1.28. The Balaban J connectivity index is 2.04. The van der Waals surface area contributed by atoms with Crippen LogP contribution < -0.4 is 10.2 Å². The van der Waals surface area contributed by atoms with E-state index in [1.54, 1.807) is 0 Å². The van der Waals surface area contributed by atoms with E-state index in [0.29, 0.717) is 6.04 Å². The molecule has 1 aliphatic rings. The lowest BCUT2D eigenvalue weighted by molar-refractivity contribution is 0.440. The SMILES string of the molecule is CNC1CCN(c2ncccc2C)CC1. The molecule has 0 bridgehead atoms. The summed E-state index contributed by atoms with van der Waals surface area (Å²) in [5.74, 6) is 1.16. The van der Waals surface area contributed by atoms with Gasteiger partial charge in [0, 0.05) is 25.3 Å². The molecule has 82 valence electrons. The predicted molar refractivity (Wildman–Crippen MR) is 63.3 cm³/mol. The van der Waals surface area contributed by atoms with Gasteiger partial charge in [-0.05, 0) is 38.4 Å². The van der Waals surface area contributed by atoms with Crippen LogP contribution in [0.3, 0.4) is 0 Å². The molecule has 0 aliphatic carbocycles. The molecule has 15 heavy (non-hydrogen) atoms. The van der Waals surface area contributed by atoms with Gasteiger partial charge in [-0.25, -0.2) is 4.98 Å². The Labute approximate surface area is 91.5 Å². The number of anilines is 1. The molecule has 0 atom stereocenters. The lowest BCUT2D eigenvalue weighted by atomic mass is 10.0. The first kappa shape index (κ1) is 10.4. The fraction of sp³-hybridized carbons (Fsp3) is 0.583. The van der Waals surface area contributed by atoms with Gasteiger partial charge in [0.25, 0.3) is 0 Å². The first-order chi connectivity index (χ1) is 7.31. The summed E-state index contributed by atoms with van der Waals surface area (Å²) in [5, 5.41) is 3.34. The summed E-state index contributed by atoms with van der Waals surface area (Å²) in [4.78, 5) is 6.85. The molecule has 3 nitrogen and oxygen atoms in total. The molecule has 1 aliphatic heterocycles.